The number of rotatable bonds is 2. The highest BCUT2D eigenvalue weighted by atomic mass is 16.3. The molecule has 3 heteroatoms. The second-order valence-electron chi connectivity index (χ2n) is 6.81. The highest BCUT2D eigenvalue weighted by Crippen LogP contribution is 2.31. The van der Waals surface area contributed by atoms with E-state index in [1.165, 1.54) is 22.3 Å². The Balaban J connectivity index is 1.47. The molecule has 2 unspecified atom stereocenters. The second kappa shape index (κ2) is 5.89. The summed E-state index contributed by atoms with van der Waals surface area (Å²) in [5, 5.41) is 19.7. The maximum absolute atomic E-state index is 10.8. The van der Waals surface area contributed by atoms with Gasteiger partial charge in [-0.05, 0) is 47.9 Å². The van der Waals surface area contributed by atoms with Crippen molar-refractivity contribution in [1.29, 1.82) is 0 Å². The Morgan fingerprint density at radius 3 is 2.30 bits per heavy atom. The van der Waals surface area contributed by atoms with E-state index in [-0.39, 0.29) is 6.04 Å². The Morgan fingerprint density at radius 2 is 1.52 bits per heavy atom. The van der Waals surface area contributed by atoms with Crippen molar-refractivity contribution in [2.75, 3.05) is 0 Å². The van der Waals surface area contributed by atoms with Crippen LogP contribution >= 0.6 is 0 Å². The van der Waals surface area contributed by atoms with E-state index < -0.39 is 5.72 Å². The van der Waals surface area contributed by atoms with Crippen LogP contribution in [0.4, 0.5) is 0 Å². The highest BCUT2D eigenvalue weighted by molar-refractivity contribution is 5.32. The van der Waals surface area contributed by atoms with Crippen LogP contribution in [-0.2, 0) is 25.7 Å². The third-order valence-corrected chi connectivity index (χ3v) is 5.11. The Hall–Kier alpha value is -2.00. The van der Waals surface area contributed by atoms with Crippen LogP contribution in [0.2, 0.25) is 0 Å². The number of hydrogen-bond donors (Lipinski definition) is 1. The molecule has 2 aromatic carbocycles. The van der Waals surface area contributed by atoms with Gasteiger partial charge in [-0.3, -0.25) is 0 Å². The fraction of sp³-hybridized carbons (Fsp3) is 0.400. The van der Waals surface area contributed by atoms with Gasteiger partial charge >= 0.3 is 0 Å². The van der Waals surface area contributed by atoms with E-state index >= 15 is 0 Å². The van der Waals surface area contributed by atoms with Gasteiger partial charge in [-0.2, -0.15) is 10.2 Å². The van der Waals surface area contributed by atoms with Crippen LogP contribution in [0.15, 0.2) is 58.8 Å². The lowest BCUT2D eigenvalue weighted by molar-refractivity contribution is 0.0262. The lowest BCUT2D eigenvalue weighted by atomic mass is 9.86. The van der Waals surface area contributed by atoms with Crippen molar-refractivity contribution in [3.63, 3.8) is 0 Å². The van der Waals surface area contributed by atoms with E-state index in [0.717, 1.165) is 25.7 Å². The molecule has 3 nitrogen and oxygen atoms in total. The average Bonchev–Trinajstić information content (AvgIpc) is 2.60. The highest BCUT2D eigenvalue weighted by Gasteiger charge is 2.32. The SMILES string of the molecule is OC1(N=NC2CCc3ccccc3C2)CCc2ccccc2C1. The van der Waals surface area contributed by atoms with Gasteiger partial charge in [-0.1, -0.05) is 48.5 Å². The van der Waals surface area contributed by atoms with Gasteiger partial charge < -0.3 is 5.11 Å². The zero-order chi connectivity index (χ0) is 15.7. The smallest absolute Gasteiger partial charge is 0.180 e. The Kier molecular flexibility index (Phi) is 3.74. The predicted molar refractivity (Wildman–Crippen MR) is 90.5 cm³/mol. The van der Waals surface area contributed by atoms with Gasteiger partial charge in [0, 0.05) is 12.8 Å². The summed E-state index contributed by atoms with van der Waals surface area (Å²) in [7, 11) is 0. The molecule has 0 saturated carbocycles. The second-order valence-corrected chi connectivity index (χ2v) is 6.81. The molecular formula is C20H22N2O. The molecule has 0 radical (unpaired) electrons. The summed E-state index contributed by atoms with van der Waals surface area (Å²) < 4.78 is 0. The van der Waals surface area contributed by atoms with Crippen LogP contribution in [-0.4, -0.2) is 16.9 Å². The Bertz CT molecular complexity index is 740. The van der Waals surface area contributed by atoms with Gasteiger partial charge in [0.05, 0.1) is 6.04 Å². The van der Waals surface area contributed by atoms with E-state index in [9.17, 15) is 5.11 Å². The maximum Gasteiger partial charge on any atom is 0.180 e. The van der Waals surface area contributed by atoms with Crippen LogP contribution in [0.3, 0.4) is 0 Å². The summed E-state index contributed by atoms with van der Waals surface area (Å²) in [6.45, 7) is 0. The van der Waals surface area contributed by atoms with Crippen molar-refractivity contribution in [3.05, 3.63) is 70.8 Å². The van der Waals surface area contributed by atoms with E-state index in [1.807, 2.05) is 6.07 Å². The lowest BCUT2D eigenvalue weighted by Gasteiger charge is -2.29. The monoisotopic (exact) mass is 306 g/mol. The molecule has 2 atom stereocenters. The first-order valence-corrected chi connectivity index (χ1v) is 8.50. The van der Waals surface area contributed by atoms with Crippen molar-refractivity contribution in [3.8, 4) is 0 Å². The van der Waals surface area contributed by atoms with E-state index in [4.69, 9.17) is 0 Å². The number of hydrogen-bond acceptors (Lipinski definition) is 3. The zero-order valence-electron chi connectivity index (χ0n) is 13.3. The van der Waals surface area contributed by atoms with Crippen molar-refractivity contribution < 1.29 is 5.11 Å². The van der Waals surface area contributed by atoms with Crippen molar-refractivity contribution in [1.82, 2.24) is 0 Å². The van der Waals surface area contributed by atoms with Crippen molar-refractivity contribution in [2.24, 2.45) is 10.2 Å². The summed E-state index contributed by atoms with van der Waals surface area (Å²) in [5.74, 6) is 0. The first kappa shape index (κ1) is 14.6. The number of nitrogens with zero attached hydrogens (tertiary/aromatic N) is 2. The minimum Gasteiger partial charge on any atom is -0.367 e. The molecule has 0 amide bonds. The lowest BCUT2D eigenvalue weighted by Crippen LogP contribution is -2.33. The molecule has 2 aromatic rings. The van der Waals surface area contributed by atoms with Crippen LogP contribution in [0.5, 0.6) is 0 Å². The first-order chi connectivity index (χ1) is 11.2. The molecule has 0 spiro atoms. The summed E-state index contributed by atoms with van der Waals surface area (Å²) in [4.78, 5) is 0. The fourth-order valence-corrected chi connectivity index (χ4v) is 3.75. The molecule has 0 saturated heterocycles. The fourth-order valence-electron chi connectivity index (χ4n) is 3.75. The van der Waals surface area contributed by atoms with Gasteiger partial charge in [-0.15, -0.1) is 0 Å². The van der Waals surface area contributed by atoms with Gasteiger partial charge in [0.2, 0.25) is 0 Å². The zero-order valence-corrected chi connectivity index (χ0v) is 13.3. The van der Waals surface area contributed by atoms with Crippen LogP contribution in [0.1, 0.15) is 35.1 Å². The number of fused-ring (bicyclic) bond motifs is 2. The molecule has 0 heterocycles. The van der Waals surface area contributed by atoms with Gasteiger partial charge in [0.25, 0.3) is 0 Å². The molecule has 2 aliphatic carbocycles. The summed E-state index contributed by atoms with van der Waals surface area (Å²) in [6, 6.07) is 17.1. The Morgan fingerprint density at radius 1 is 0.870 bits per heavy atom. The Labute approximate surface area is 137 Å². The minimum absolute atomic E-state index is 0.200. The number of azo groups is 1. The van der Waals surface area contributed by atoms with E-state index in [1.54, 1.807) is 0 Å². The maximum atomic E-state index is 10.8. The number of aryl methyl sites for hydroxylation is 2. The van der Waals surface area contributed by atoms with E-state index in [2.05, 4.69) is 52.7 Å². The quantitative estimate of drug-likeness (QED) is 0.841. The number of aliphatic hydroxyl groups is 1. The molecule has 4 rings (SSSR count). The number of benzene rings is 2. The third-order valence-electron chi connectivity index (χ3n) is 5.11. The van der Waals surface area contributed by atoms with Crippen LogP contribution in [0.25, 0.3) is 0 Å². The van der Waals surface area contributed by atoms with Gasteiger partial charge in [-0.25, -0.2) is 0 Å². The average molecular weight is 306 g/mol. The topological polar surface area (TPSA) is 45.0 Å². The first-order valence-electron chi connectivity index (χ1n) is 8.50. The minimum atomic E-state index is -1.02. The third kappa shape index (κ3) is 3.06. The molecule has 0 fully saturated rings. The predicted octanol–water partition coefficient (Wildman–Crippen LogP) is 3.87. The molecule has 118 valence electrons. The molecule has 0 bridgehead atoms. The molecule has 1 N–H and O–H groups in total. The molecule has 2 aliphatic rings. The normalized spacial score (nSPS) is 26.7. The summed E-state index contributed by atoms with van der Waals surface area (Å²) >= 11 is 0. The van der Waals surface area contributed by atoms with Gasteiger partial charge in [0.1, 0.15) is 0 Å². The molecule has 23 heavy (non-hydrogen) atoms. The van der Waals surface area contributed by atoms with Crippen molar-refractivity contribution >= 4 is 0 Å². The van der Waals surface area contributed by atoms with Crippen molar-refractivity contribution in [2.45, 2.75) is 50.3 Å². The van der Waals surface area contributed by atoms with Crippen LogP contribution < -0.4 is 0 Å². The molecule has 0 aliphatic heterocycles. The van der Waals surface area contributed by atoms with Gasteiger partial charge in [0.15, 0.2) is 5.72 Å². The summed E-state index contributed by atoms with van der Waals surface area (Å²) in [5.41, 5.74) is 4.33. The standard InChI is InChI=1S/C20H22N2O/c23-20(12-11-16-6-2-4-8-18(16)14-20)22-21-19-10-9-15-5-1-3-7-17(15)13-19/h1-8,19,23H,9-14H2. The van der Waals surface area contributed by atoms with E-state index in [0.29, 0.717) is 12.8 Å². The molecule has 0 aromatic heterocycles. The largest absolute Gasteiger partial charge is 0.367 e. The molecular weight excluding hydrogens is 284 g/mol. The van der Waals surface area contributed by atoms with Crippen LogP contribution in [0, 0.1) is 0 Å². The summed E-state index contributed by atoms with van der Waals surface area (Å²) in [6.07, 6.45) is 5.13.